The SMILES string of the molecule is CCN1CC(C(=O)N2CCN(C(=O)C(C)Oc3ccccc3)CC2)C2NN(c3ccccc3)C(=O)C2C1. The van der Waals surface area contributed by atoms with Gasteiger partial charge in [-0.15, -0.1) is 0 Å². The molecule has 37 heavy (non-hydrogen) atoms. The molecule has 3 fully saturated rings. The monoisotopic (exact) mass is 505 g/mol. The molecule has 1 N–H and O–H groups in total. The van der Waals surface area contributed by atoms with Gasteiger partial charge in [0, 0.05) is 39.3 Å². The van der Waals surface area contributed by atoms with E-state index in [4.69, 9.17) is 4.74 Å². The lowest BCUT2D eigenvalue weighted by atomic mass is 9.83. The van der Waals surface area contributed by atoms with E-state index >= 15 is 0 Å². The second-order valence-electron chi connectivity index (χ2n) is 9.95. The van der Waals surface area contributed by atoms with Crippen molar-refractivity contribution >= 4 is 23.4 Å². The van der Waals surface area contributed by atoms with E-state index in [1.165, 1.54) is 0 Å². The number of carbonyl (C=O) groups is 3. The van der Waals surface area contributed by atoms with Crippen LogP contribution in [0.2, 0.25) is 0 Å². The highest BCUT2D eigenvalue weighted by Gasteiger charge is 2.51. The van der Waals surface area contributed by atoms with Crippen LogP contribution in [-0.4, -0.2) is 90.4 Å². The van der Waals surface area contributed by atoms with Gasteiger partial charge in [0.15, 0.2) is 6.10 Å². The van der Waals surface area contributed by atoms with Crippen LogP contribution in [0, 0.1) is 11.8 Å². The van der Waals surface area contributed by atoms with Crippen molar-refractivity contribution in [1.29, 1.82) is 0 Å². The Morgan fingerprint density at radius 1 is 0.946 bits per heavy atom. The average Bonchev–Trinajstić information content (AvgIpc) is 3.29. The summed E-state index contributed by atoms with van der Waals surface area (Å²) in [5.41, 5.74) is 4.15. The van der Waals surface area contributed by atoms with E-state index in [-0.39, 0.29) is 35.6 Å². The van der Waals surface area contributed by atoms with Crippen molar-refractivity contribution < 1.29 is 19.1 Å². The highest BCUT2D eigenvalue weighted by molar-refractivity contribution is 5.98. The molecule has 196 valence electrons. The minimum Gasteiger partial charge on any atom is -0.481 e. The predicted molar refractivity (Wildman–Crippen MR) is 140 cm³/mol. The number of carbonyl (C=O) groups excluding carboxylic acids is 3. The Kier molecular flexibility index (Phi) is 7.43. The number of hydrazine groups is 1. The third-order valence-corrected chi connectivity index (χ3v) is 7.68. The van der Waals surface area contributed by atoms with Gasteiger partial charge in [-0.3, -0.25) is 14.4 Å². The molecule has 4 unspecified atom stereocenters. The van der Waals surface area contributed by atoms with Crippen LogP contribution >= 0.6 is 0 Å². The summed E-state index contributed by atoms with van der Waals surface area (Å²) in [4.78, 5) is 45.8. The van der Waals surface area contributed by atoms with E-state index in [0.29, 0.717) is 45.0 Å². The van der Waals surface area contributed by atoms with Gasteiger partial charge in [0.25, 0.3) is 5.91 Å². The van der Waals surface area contributed by atoms with E-state index in [0.717, 1.165) is 12.2 Å². The van der Waals surface area contributed by atoms with Gasteiger partial charge in [0.2, 0.25) is 11.8 Å². The summed E-state index contributed by atoms with van der Waals surface area (Å²) in [7, 11) is 0. The van der Waals surface area contributed by atoms with E-state index in [9.17, 15) is 14.4 Å². The van der Waals surface area contributed by atoms with Gasteiger partial charge in [-0.05, 0) is 37.7 Å². The number of para-hydroxylation sites is 2. The standard InChI is InChI=1S/C28H35N5O4/c1-3-30-18-23(25-24(19-30)28(36)33(29-25)21-10-6-4-7-11-21)27(35)32-16-14-31(15-17-32)26(34)20(2)37-22-12-8-5-9-13-22/h4-13,20,23-25,29H,3,14-19H2,1-2H3. The van der Waals surface area contributed by atoms with Crippen LogP contribution in [-0.2, 0) is 14.4 Å². The minimum absolute atomic E-state index is 0.00923. The first-order chi connectivity index (χ1) is 18.0. The average molecular weight is 506 g/mol. The molecule has 9 heteroatoms. The Labute approximate surface area is 217 Å². The number of hydrogen-bond acceptors (Lipinski definition) is 6. The third-order valence-electron chi connectivity index (χ3n) is 7.68. The third kappa shape index (κ3) is 5.19. The number of ether oxygens (including phenoxy) is 1. The summed E-state index contributed by atoms with van der Waals surface area (Å²) in [6.07, 6.45) is -0.598. The van der Waals surface area contributed by atoms with Crippen molar-refractivity contribution in [2.75, 3.05) is 50.8 Å². The number of piperazine rings is 1. The number of nitrogens with zero attached hydrogens (tertiary/aromatic N) is 4. The summed E-state index contributed by atoms with van der Waals surface area (Å²) >= 11 is 0. The van der Waals surface area contributed by atoms with Crippen molar-refractivity contribution in [2.45, 2.75) is 26.0 Å². The van der Waals surface area contributed by atoms with Gasteiger partial charge < -0.3 is 19.4 Å². The molecular formula is C28H35N5O4. The Balaban J connectivity index is 1.22. The second kappa shape index (κ2) is 10.9. The molecule has 3 saturated heterocycles. The molecule has 3 amide bonds. The number of fused-ring (bicyclic) bond motifs is 1. The van der Waals surface area contributed by atoms with Crippen molar-refractivity contribution in [2.24, 2.45) is 11.8 Å². The highest BCUT2D eigenvalue weighted by atomic mass is 16.5. The van der Waals surface area contributed by atoms with Crippen LogP contribution in [0.25, 0.3) is 0 Å². The Bertz CT molecular complexity index is 1110. The molecule has 3 aliphatic rings. The number of benzene rings is 2. The fourth-order valence-corrected chi connectivity index (χ4v) is 5.59. The van der Waals surface area contributed by atoms with E-state index < -0.39 is 6.10 Å². The van der Waals surface area contributed by atoms with Crippen molar-refractivity contribution in [3.63, 3.8) is 0 Å². The maximum atomic E-state index is 13.8. The molecule has 2 aromatic rings. The van der Waals surface area contributed by atoms with Crippen LogP contribution in [0.5, 0.6) is 5.75 Å². The zero-order valence-corrected chi connectivity index (χ0v) is 21.5. The van der Waals surface area contributed by atoms with E-state index in [1.54, 1.807) is 16.8 Å². The summed E-state index contributed by atoms with van der Waals surface area (Å²) in [5.74, 6) is 0.0275. The van der Waals surface area contributed by atoms with Gasteiger partial charge in [-0.1, -0.05) is 43.3 Å². The summed E-state index contributed by atoms with van der Waals surface area (Å²) in [5, 5.41) is 1.61. The van der Waals surface area contributed by atoms with Crippen LogP contribution < -0.4 is 15.2 Å². The summed E-state index contributed by atoms with van der Waals surface area (Å²) in [6.45, 7) is 7.73. The molecule has 0 aromatic heterocycles. The molecule has 4 atom stereocenters. The normalized spacial score (nSPS) is 25.1. The molecule has 2 aromatic carbocycles. The number of amides is 3. The van der Waals surface area contributed by atoms with Crippen LogP contribution in [0.1, 0.15) is 13.8 Å². The quantitative estimate of drug-likeness (QED) is 0.642. The van der Waals surface area contributed by atoms with Crippen molar-refractivity contribution in [3.05, 3.63) is 60.7 Å². The van der Waals surface area contributed by atoms with Crippen LogP contribution in [0.4, 0.5) is 5.69 Å². The number of anilines is 1. The fraction of sp³-hybridized carbons (Fsp3) is 0.464. The highest BCUT2D eigenvalue weighted by Crippen LogP contribution is 2.32. The molecule has 5 rings (SSSR count). The van der Waals surface area contributed by atoms with Crippen LogP contribution in [0.3, 0.4) is 0 Å². The Morgan fingerprint density at radius 3 is 2.22 bits per heavy atom. The zero-order chi connectivity index (χ0) is 25.9. The van der Waals surface area contributed by atoms with Crippen molar-refractivity contribution in [1.82, 2.24) is 20.1 Å². The van der Waals surface area contributed by atoms with E-state index in [1.807, 2.05) is 65.6 Å². The number of piperidine rings is 1. The zero-order valence-electron chi connectivity index (χ0n) is 21.5. The molecule has 0 aliphatic carbocycles. The van der Waals surface area contributed by atoms with E-state index in [2.05, 4.69) is 17.2 Å². The molecular weight excluding hydrogens is 470 g/mol. The van der Waals surface area contributed by atoms with Crippen LogP contribution in [0.15, 0.2) is 60.7 Å². The fourth-order valence-electron chi connectivity index (χ4n) is 5.59. The molecule has 3 aliphatic heterocycles. The molecule has 0 spiro atoms. The number of nitrogens with one attached hydrogen (secondary N) is 1. The largest absolute Gasteiger partial charge is 0.481 e. The van der Waals surface area contributed by atoms with Gasteiger partial charge in [0.1, 0.15) is 5.75 Å². The second-order valence-corrected chi connectivity index (χ2v) is 9.95. The first-order valence-corrected chi connectivity index (χ1v) is 13.1. The molecule has 0 radical (unpaired) electrons. The predicted octanol–water partition coefficient (Wildman–Crippen LogP) is 1.61. The van der Waals surface area contributed by atoms with Crippen molar-refractivity contribution in [3.8, 4) is 5.75 Å². The first kappa shape index (κ1) is 25.2. The van der Waals surface area contributed by atoms with Gasteiger partial charge in [-0.2, -0.15) is 0 Å². The smallest absolute Gasteiger partial charge is 0.263 e. The summed E-state index contributed by atoms with van der Waals surface area (Å²) in [6, 6.07) is 18.6. The maximum Gasteiger partial charge on any atom is 0.263 e. The molecule has 0 saturated carbocycles. The minimum atomic E-state index is -0.598. The lowest BCUT2D eigenvalue weighted by Crippen LogP contribution is -2.60. The molecule has 3 heterocycles. The lowest BCUT2D eigenvalue weighted by Gasteiger charge is -2.42. The number of hydrogen-bond donors (Lipinski definition) is 1. The Morgan fingerprint density at radius 2 is 1.57 bits per heavy atom. The Hall–Kier alpha value is -3.43. The lowest BCUT2D eigenvalue weighted by molar-refractivity contribution is -0.147. The van der Waals surface area contributed by atoms with Gasteiger partial charge >= 0.3 is 0 Å². The van der Waals surface area contributed by atoms with Gasteiger partial charge in [0.05, 0.1) is 23.6 Å². The maximum absolute atomic E-state index is 13.8. The number of likely N-dealkylation sites (tertiary alicyclic amines) is 1. The number of rotatable bonds is 6. The molecule has 9 nitrogen and oxygen atoms in total. The van der Waals surface area contributed by atoms with Gasteiger partial charge in [-0.25, -0.2) is 10.4 Å². The summed E-state index contributed by atoms with van der Waals surface area (Å²) < 4.78 is 5.80. The topological polar surface area (TPSA) is 85.4 Å². The molecule has 0 bridgehead atoms. The first-order valence-electron chi connectivity index (χ1n) is 13.1.